The van der Waals surface area contributed by atoms with Gasteiger partial charge in [0, 0.05) is 17.8 Å². The number of ether oxygens (including phenoxy) is 5. The van der Waals surface area contributed by atoms with Gasteiger partial charge in [-0.2, -0.15) is 0 Å². The van der Waals surface area contributed by atoms with Gasteiger partial charge in [-0.15, -0.1) is 0 Å². The van der Waals surface area contributed by atoms with Crippen LogP contribution in [0.4, 0.5) is 0 Å². The predicted molar refractivity (Wildman–Crippen MR) is 156 cm³/mol. The van der Waals surface area contributed by atoms with E-state index in [0.717, 1.165) is 5.56 Å². The van der Waals surface area contributed by atoms with Crippen molar-refractivity contribution in [2.75, 3.05) is 6.61 Å². The lowest BCUT2D eigenvalue weighted by molar-refractivity contribution is -0.429. The van der Waals surface area contributed by atoms with Crippen LogP contribution in [0.15, 0.2) is 84.5 Å². The number of hydrogen-bond donors (Lipinski definition) is 3. The van der Waals surface area contributed by atoms with Crippen molar-refractivity contribution >= 4 is 11.8 Å². The van der Waals surface area contributed by atoms with Crippen LogP contribution in [0.2, 0.25) is 0 Å². The van der Waals surface area contributed by atoms with Gasteiger partial charge in [0.1, 0.15) is 30.0 Å². The number of fused-ring (bicyclic) bond motifs is 3. The van der Waals surface area contributed by atoms with Gasteiger partial charge < -0.3 is 39.0 Å². The third-order valence-corrected chi connectivity index (χ3v) is 11.3. The molecule has 0 spiro atoms. The molecule has 3 bridgehead atoms. The van der Waals surface area contributed by atoms with Crippen LogP contribution >= 0.6 is 0 Å². The zero-order chi connectivity index (χ0) is 31.7. The Morgan fingerprint density at radius 1 is 1.02 bits per heavy atom. The summed E-state index contributed by atoms with van der Waals surface area (Å²) in [6, 6.07) is 18.0. The maximum absolute atomic E-state index is 13.8. The van der Waals surface area contributed by atoms with Gasteiger partial charge in [0.25, 0.3) is 5.97 Å². The molecule has 2 aromatic carbocycles. The smallest absolute Gasteiger partial charge is 0.338 e. The molecule has 3 unspecified atom stereocenters. The molecule has 0 aromatic heterocycles. The van der Waals surface area contributed by atoms with E-state index in [0.29, 0.717) is 11.1 Å². The molecule has 0 radical (unpaired) electrons. The minimum atomic E-state index is -2.41. The zero-order valence-corrected chi connectivity index (χ0v) is 25.2. The van der Waals surface area contributed by atoms with Gasteiger partial charge in [-0.25, -0.2) is 4.79 Å². The van der Waals surface area contributed by atoms with E-state index in [2.05, 4.69) is 6.58 Å². The van der Waals surface area contributed by atoms with Crippen molar-refractivity contribution in [2.24, 2.45) is 17.8 Å². The molecule has 10 nitrogen and oxygen atoms in total. The number of Topliss-reactive ketones (excluding diaryl/α,β-unsaturated/α-hetero) is 1. The highest BCUT2D eigenvalue weighted by Gasteiger charge is 2.90. The number of rotatable bonds is 6. The molecule has 12 atom stereocenters. The summed E-state index contributed by atoms with van der Waals surface area (Å²) in [6.07, 6.45) is -2.89. The Kier molecular flexibility index (Phi) is 5.97. The van der Waals surface area contributed by atoms with E-state index < -0.39 is 88.9 Å². The summed E-state index contributed by atoms with van der Waals surface area (Å²) < 4.78 is 33.4. The van der Waals surface area contributed by atoms with Crippen LogP contribution in [-0.4, -0.2) is 86.5 Å². The third-order valence-electron chi connectivity index (χ3n) is 11.3. The first-order chi connectivity index (χ1) is 21.4. The van der Waals surface area contributed by atoms with E-state index in [1.54, 1.807) is 50.3 Å². The van der Waals surface area contributed by atoms with Crippen LogP contribution in [-0.2, 0) is 34.9 Å². The molecule has 8 rings (SSSR count). The third kappa shape index (κ3) is 3.38. The van der Waals surface area contributed by atoms with Crippen LogP contribution in [0.1, 0.15) is 36.7 Å². The number of hydrogen-bond acceptors (Lipinski definition) is 10. The summed E-state index contributed by atoms with van der Waals surface area (Å²) in [5.74, 6) is -5.70. The molecule has 236 valence electrons. The second-order valence-corrected chi connectivity index (χ2v) is 13.6. The topological polar surface area (TPSA) is 144 Å². The average Bonchev–Trinajstić information content (AvgIpc) is 3.66. The highest BCUT2D eigenvalue weighted by Crippen LogP contribution is 2.73. The molecular formula is C35H36O10. The van der Waals surface area contributed by atoms with E-state index in [9.17, 15) is 24.9 Å². The second-order valence-electron chi connectivity index (χ2n) is 13.6. The van der Waals surface area contributed by atoms with Crippen LogP contribution in [0.5, 0.6) is 0 Å². The Labute approximate surface area is 260 Å². The second kappa shape index (κ2) is 9.19. The van der Waals surface area contributed by atoms with E-state index >= 15 is 0 Å². The number of carbonyl (C=O) groups excluding carboxylic acids is 2. The van der Waals surface area contributed by atoms with Crippen LogP contribution < -0.4 is 0 Å². The molecule has 2 aromatic rings. The molecule has 0 amide bonds. The number of aliphatic hydroxyl groups excluding tert-OH is 2. The molecule has 6 aliphatic rings. The van der Waals surface area contributed by atoms with Gasteiger partial charge in [0.05, 0.1) is 24.2 Å². The molecular weight excluding hydrogens is 580 g/mol. The van der Waals surface area contributed by atoms with Gasteiger partial charge in [0.15, 0.2) is 17.0 Å². The van der Waals surface area contributed by atoms with E-state index in [1.165, 1.54) is 0 Å². The fraction of sp³-hybridized carbons (Fsp3) is 0.486. The first-order valence-corrected chi connectivity index (χ1v) is 15.4. The number of benzene rings is 2. The molecule has 3 heterocycles. The first-order valence-electron chi connectivity index (χ1n) is 15.4. The molecule has 10 heteroatoms. The molecule has 45 heavy (non-hydrogen) atoms. The normalized spacial score (nSPS) is 46.8. The molecule has 2 saturated carbocycles. The summed E-state index contributed by atoms with van der Waals surface area (Å²) in [5, 5.41) is 34.9. The fourth-order valence-electron chi connectivity index (χ4n) is 9.30. The SMILES string of the molecule is C=C(C)[C@@]12O[C@]3(Cc4ccccc4)O[C@@H]1C1[C@@H]4O[C@]4(CO)[C@@H](O)[C@]4(O)C(=O)C(C)=CC4C1(O3)[C@H](C)[C@H]2OC(=O)c1ccccc1. The van der Waals surface area contributed by atoms with Gasteiger partial charge in [-0.1, -0.05) is 68.1 Å². The van der Waals surface area contributed by atoms with Crippen molar-refractivity contribution in [2.45, 2.75) is 80.0 Å². The first kappa shape index (κ1) is 29.2. The zero-order valence-electron chi connectivity index (χ0n) is 25.2. The van der Waals surface area contributed by atoms with E-state index in [4.69, 9.17) is 23.7 Å². The van der Waals surface area contributed by atoms with Gasteiger partial charge in [-0.05, 0) is 42.7 Å². The minimum Gasteiger partial charge on any atom is -0.455 e. The largest absolute Gasteiger partial charge is 0.455 e. The van der Waals surface area contributed by atoms with E-state index in [1.807, 2.05) is 37.3 Å². The Morgan fingerprint density at radius 2 is 1.69 bits per heavy atom. The summed E-state index contributed by atoms with van der Waals surface area (Å²) >= 11 is 0. The van der Waals surface area contributed by atoms with Crippen LogP contribution in [0.3, 0.4) is 0 Å². The Hall–Kier alpha value is -3.22. The van der Waals surface area contributed by atoms with Crippen LogP contribution in [0.25, 0.3) is 0 Å². The molecule has 3 saturated heterocycles. The summed E-state index contributed by atoms with van der Waals surface area (Å²) in [6.45, 7) is 8.85. The lowest BCUT2D eigenvalue weighted by atomic mass is 9.53. The molecule has 5 fully saturated rings. The Bertz CT molecular complexity index is 1640. The lowest BCUT2D eigenvalue weighted by Crippen LogP contribution is -2.76. The van der Waals surface area contributed by atoms with Crippen molar-refractivity contribution in [3.8, 4) is 0 Å². The quantitative estimate of drug-likeness (QED) is 0.251. The van der Waals surface area contributed by atoms with Gasteiger partial charge >= 0.3 is 5.97 Å². The fourth-order valence-corrected chi connectivity index (χ4v) is 9.30. The predicted octanol–water partition coefficient (Wildman–Crippen LogP) is 2.25. The molecule has 3 aliphatic carbocycles. The monoisotopic (exact) mass is 616 g/mol. The van der Waals surface area contributed by atoms with Crippen molar-refractivity contribution in [1.82, 2.24) is 0 Å². The van der Waals surface area contributed by atoms with Crippen molar-refractivity contribution in [3.05, 3.63) is 95.6 Å². The standard InChI is InChI=1S/C35H36O10/c1-18(2)34-26(41-29(38)22-13-9-6-10-14-22)20(4)35-23-15-19(3)25(37)33(23,40)30(39)31(17-36)27(42-31)24(35)28(34)43-32(44-34,45-35)16-21-11-7-5-8-12-21/h5-15,20,23-24,26-28,30,36,39-40H,1,16-17H2,2-4H3/t20-,23?,24?,26-,27+,28-,30-,31+,32+,33-,34+,35?/m1/s1. The number of esters is 1. The van der Waals surface area contributed by atoms with Crippen molar-refractivity contribution < 1.29 is 48.6 Å². The maximum Gasteiger partial charge on any atom is 0.338 e. The van der Waals surface area contributed by atoms with Gasteiger partial charge in [-0.3, -0.25) is 4.79 Å². The van der Waals surface area contributed by atoms with E-state index in [-0.39, 0.29) is 12.0 Å². The summed E-state index contributed by atoms with van der Waals surface area (Å²) in [5.41, 5.74) is -5.13. The van der Waals surface area contributed by atoms with Crippen molar-refractivity contribution in [1.29, 1.82) is 0 Å². The van der Waals surface area contributed by atoms with Crippen molar-refractivity contribution in [3.63, 3.8) is 0 Å². The highest BCUT2D eigenvalue weighted by atomic mass is 16.9. The summed E-state index contributed by atoms with van der Waals surface area (Å²) in [4.78, 5) is 27.6. The van der Waals surface area contributed by atoms with Gasteiger partial charge in [0.2, 0.25) is 0 Å². The number of ketones is 1. The molecule has 3 aliphatic heterocycles. The van der Waals surface area contributed by atoms with Crippen LogP contribution in [0, 0.1) is 17.8 Å². The lowest BCUT2D eigenvalue weighted by Gasteiger charge is -2.61. The Morgan fingerprint density at radius 3 is 2.33 bits per heavy atom. The Balaban J connectivity index is 1.37. The maximum atomic E-state index is 13.8. The summed E-state index contributed by atoms with van der Waals surface area (Å²) in [7, 11) is 0. The molecule has 3 N–H and O–H groups in total. The number of carbonyl (C=O) groups is 2. The highest BCUT2D eigenvalue weighted by molar-refractivity contribution is 6.05. The minimum absolute atomic E-state index is 0.126. The number of aliphatic hydroxyl groups is 3. The average molecular weight is 617 g/mol. The number of epoxide rings is 1.